The summed E-state index contributed by atoms with van der Waals surface area (Å²) in [5.74, 6) is 1.37. The average Bonchev–Trinajstić information content (AvgIpc) is 2.67. The van der Waals surface area contributed by atoms with E-state index in [0.717, 1.165) is 24.8 Å². The summed E-state index contributed by atoms with van der Waals surface area (Å²) >= 11 is 5.89. The topological polar surface area (TPSA) is 72.0 Å². The van der Waals surface area contributed by atoms with Crippen molar-refractivity contribution in [1.29, 1.82) is 0 Å². The molecule has 7 heteroatoms. The van der Waals surface area contributed by atoms with Gasteiger partial charge in [0.05, 0.1) is 19.4 Å². The Bertz CT molecular complexity index is 796. The summed E-state index contributed by atoms with van der Waals surface area (Å²) in [5, 5.41) is 7.15. The molecule has 0 aromatic heterocycles. The summed E-state index contributed by atoms with van der Waals surface area (Å²) < 4.78 is 11.5. The normalized spacial score (nSPS) is 10.7. The van der Waals surface area contributed by atoms with Gasteiger partial charge in [-0.15, -0.1) is 0 Å². The molecule has 0 aliphatic carbocycles. The Morgan fingerprint density at radius 2 is 1.96 bits per heavy atom. The Hall–Kier alpha value is -2.73. The molecule has 2 aromatic rings. The molecule has 0 saturated heterocycles. The van der Waals surface area contributed by atoms with E-state index in [-0.39, 0.29) is 0 Å². The number of anilines is 1. The van der Waals surface area contributed by atoms with Crippen LogP contribution >= 0.6 is 11.6 Å². The highest BCUT2D eigenvalue weighted by molar-refractivity contribution is 6.30. The third-order valence-corrected chi connectivity index (χ3v) is 3.97. The van der Waals surface area contributed by atoms with E-state index in [4.69, 9.17) is 21.1 Å². The predicted molar refractivity (Wildman–Crippen MR) is 114 cm³/mol. The van der Waals surface area contributed by atoms with E-state index < -0.39 is 6.03 Å². The van der Waals surface area contributed by atoms with Crippen molar-refractivity contribution in [2.45, 2.75) is 33.1 Å². The van der Waals surface area contributed by atoms with E-state index in [2.05, 4.69) is 22.8 Å². The summed E-state index contributed by atoms with van der Waals surface area (Å²) in [4.78, 5) is 11.9. The molecule has 6 nitrogen and oxygen atoms in total. The van der Waals surface area contributed by atoms with E-state index in [1.807, 2.05) is 25.1 Å². The second-order valence-electron chi connectivity index (χ2n) is 6.03. The Balaban J connectivity index is 1.92. The van der Waals surface area contributed by atoms with Gasteiger partial charge >= 0.3 is 6.03 Å². The molecule has 0 aliphatic heterocycles. The molecule has 0 atom stereocenters. The van der Waals surface area contributed by atoms with Crippen LogP contribution in [0.25, 0.3) is 0 Å². The molecule has 0 spiro atoms. The van der Waals surface area contributed by atoms with E-state index in [9.17, 15) is 4.79 Å². The lowest BCUT2D eigenvalue weighted by Gasteiger charge is -2.12. The van der Waals surface area contributed by atoms with Crippen LogP contribution in [0.5, 0.6) is 11.5 Å². The molecule has 150 valence electrons. The number of hydrogen-bond donors (Lipinski definition) is 2. The number of rotatable bonds is 10. The SMILES string of the molecule is CCCCCOc1ccc(/C=N\NC(=O)Nc2cccc(Cl)c2)cc1OCC. The molecule has 0 radical (unpaired) electrons. The fourth-order valence-electron chi connectivity index (χ4n) is 2.42. The first-order chi connectivity index (χ1) is 13.6. The number of hydrazone groups is 1. The number of amides is 2. The number of hydrogen-bond acceptors (Lipinski definition) is 4. The van der Waals surface area contributed by atoms with Crippen LogP contribution in [0.3, 0.4) is 0 Å². The molecule has 0 heterocycles. The molecule has 28 heavy (non-hydrogen) atoms. The maximum atomic E-state index is 11.9. The summed E-state index contributed by atoms with van der Waals surface area (Å²) in [7, 11) is 0. The molecular formula is C21H26ClN3O3. The average molecular weight is 404 g/mol. The van der Waals surface area contributed by atoms with Gasteiger partial charge in [0, 0.05) is 10.7 Å². The molecule has 0 aliphatic rings. The fourth-order valence-corrected chi connectivity index (χ4v) is 2.61. The first-order valence-corrected chi connectivity index (χ1v) is 9.75. The van der Waals surface area contributed by atoms with Crippen LogP contribution in [0.2, 0.25) is 5.02 Å². The molecule has 0 saturated carbocycles. The largest absolute Gasteiger partial charge is 0.490 e. The highest BCUT2D eigenvalue weighted by Crippen LogP contribution is 2.28. The first kappa shape index (κ1) is 21.6. The zero-order valence-corrected chi connectivity index (χ0v) is 17.0. The third kappa shape index (κ3) is 7.48. The number of nitrogens with one attached hydrogen (secondary N) is 2. The fraction of sp³-hybridized carbons (Fsp3) is 0.333. The van der Waals surface area contributed by atoms with Gasteiger partial charge in [0.25, 0.3) is 0 Å². The summed E-state index contributed by atoms with van der Waals surface area (Å²) in [6.45, 7) is 5.27. The van der Waals surface area contributed by atoms with E-state index in [0.29, 0.717) is 35.4 Å². The van der Waals surface area contributed by atoms with Gasteiger partial charge < -0.3 is 14.8 Å². The Kier molecular flexibility index (Phi) is 9.15. The highest BCUT2D eigenvalue weighted by atomic mass is 35.5. The molecule has 2 N–H and O–H groups in total. The maximum Gasteiger partial charge on any atom is 0.339 e. The minimum absolute atomic E-state index is 0.459. The van der Waals surface area contributed by atoms with Crippen LogP contribution in [0, 0.1) is 0 Å². The number of unbranched alkanes of at least 4 members (excludes halogenated alkanes) is 2. The highest BCUT2D eigenvalue weighted by Gasteiger charge is 2.06. The van der Waals surface area contributed by atoms with Gasteiger partial charge in [0.1, 0.15) is 0 Å². The lowest BCUT2D eigenvalue weighted by atomic mass is 10.2. The second kappa shape index (κ2) is 11.9. The predicted octanol–water partition coefficient (Wildman–Crippen LogP) is 5.46. The number of halogens is 1. The van der Waals surface area contributed by atoms with Crippen molar-refractivity contribution in [3.63, 3.8) is 0 Å². The van der Waals surface area contributed by atoms with Crippen molar-refractivity contribution in [2.75, 3.05) is 18.5 Å². The minimum atomic E-state index is -0.459. The Morgan fingerprint density at radius 3 is 2.71 bits per heavy atom. The number of nitrogens with zero attached hydrogens (tertiary/aromatic N) is 1. The number of ether oxygens (including phenoxy) is 2. The van der Waals surface area contributed by atoms with Crippen LogP contribution in [0.4, 0.5) is 10.5 Å². The van der Waals surface area contributed by atoms with Crippen molar-refractivity contribution in [2.24, 2.45) is 5.10 Å². The van der Waals surface area contributed by atoms with Crippen molar-refractivity contribution in [3.05, 3.63) is 53.1 Å². The minimum Gasteiger partial charge on any atom is -0.490 e. The van der Waals surface area contributed by atoms with Gasteiger partial charge in [0.2, 0.25) is 0 Å². The standard InChI is InChI=1S/C21H26ClN3O3/c1-3-5-6-12-28-19-11-10-16(13-20(19)27-4-2)15-23-25-21(26)24-18-9-7-8-17(22)14-18/h7-11,13-15H,3-6,12H2,1-2H3,(H2,24,25,26)/b23-15-. The number of carbonyl (C=O) groups is 1. The number of urea groups is 1. The molecule has 2 rings (SSSR count). The molecule has 0 bridgehead atoms. The lowest BCUT2D eigenvalue weighted by Crippen LogP contribution is -2.24. The van der Waals surface area contributed by atoms with Crippen molar-refractivity contribution < 1.29 is 14.3 Å². The van der Waals surface area contributed by atoms with E-state index in [1.54, 1.807) is 30.5 Å². The molecule has 0 unspecified atom stereocenters. The smallest absolute Gasteiger partial charge is 0.339 e. The maximum absolute atomic E-state index is 11.9. The van der Waals surface area contributed by atoms with Gasteiger partial charge in [-0.1, -0.05) is 37.4 Å². The zero-order valence-electron chi connectivity index (χ0n) is 16.2. The molecular weight excluding hydrogens is 378 g/mol. The van der Waals surface area contributed by atoms with Crippen LogP contribution < -0.4 is 20.2 Å². The van der Waals surface area contributed by atoms with Gasteiger partial charge in [-0.25, -0.2) is 10.2 Å². The second-order valence-corrected chi connectivity index (χ2v) is 6.47. The zero-order chi connectivity index (χ0) is 20.2. The first-order valence-electron chi connectivity index (χ1n) is 9.37. The molecule has 2 amide bonds. The van der Waals surface area contributed by atoms with Gasteiger partial charge in [0.15, 0.2) is 11.5 Å². The van der Waals surface area contributed by atoms with E-state index in [1.165, 1.54) is 0 Å². The third-order valence-electron chi connectivity index (χ3n) is 3.74. The molecule has 2 aromatic carbocycles. The number of benzene rings is 2. The van der Waals surface area contributed by atoms with Crippen LogP contribution in [-0.2, 0) is 0 Å². The van der Waals surface area contributed by atoms with Crippen LogP contribution in [-0.4, -0.2) is 25.5 Å². The van der Waals surface area contributed by atoms with Gasteiger partial charge in [-0.05, 0) is 55.3 Å². The lowest BCUT2D eigenvalue weighted by molar-refractivity contribution is 0.252. The quantitative estimate of drug-likeness (QED) is 0.314. The number of carbonyl (C=O) groups excluding carboxylic acids is 1. The Labute approximate surface area is 170 Å². The summed E-state index contributed by atoms with van der Waals surface area (Å²) in [6, 6.07) is 12.0. The molecule has 0 fully saturated rings. The van der Waals surface area contributed by atoms with Crippen molar-refractivity contribution in [1.82, 2.24) is 5.43 Å². The van der Waals surface area contributed by atoms with E-state index >= 15 is 0 Å². The van der Waals surface area contributed by atoms with Gasteiger partial charge in [-0.2, -0.15) is 5.10 Å². The van der Waals surface area contributed by atoms with Crippen molar-refractivity contribution >= 4 is 29.5 Å². The summed E-state index contributed by atoms with van der Waals surface area (Å²) in [6.07, 6.45) is 4.84. The summed E-state index contributed by atoms with van der Waals surface area (Å²) in [5.41, 5.74) is 3.79. The van der Waals surface area contributed by atoms with Crippen molar-refractivity contribution in [3.8, 4) is 11.5 Å². The monoisotopic (exact) mass is 403 g/mol. The van der Waals surface area contributed by atoms with Gasteiger partial charge in [-0.3, -0.25) is 0 Å². The van der Waals surface area contributed by atoms with Crippen LogP contribution in [0.15, 0.2) is 47.6 Å². The van der Waals surface area contributed by atoms with Crippen LogP contribution in [0.1, 0.15) is 38.7 Å². The Morgan fingerprint density at radius 1 is 1.11 bits per heavy atom.